The van der Waals surface area contributed by atoms with E-state index in [0.717, 1.165) is 0 Å². The van der Waals surface area contributed by atoms with E-state index in [9.17, 15) is 13.6 Å². The monoisotopic (exact) mass is 307 g/mol. The first-order chi connectivity index (χ1) is 7.99. The molecule has 0 atom stereocenters. The summed E-state index contributed by atoms with van der Waals surface area (Å²) in [5.74, 6) is 0.0139. The van der Waals surface area contributed by atoms with Crippen LogP contribution < -0.4 is 15.9 Å². The number of ether oxygens (including phenoxy) is 1. The highest BCUT2D eigenvalue weighted by Crippen LogP contribution is 2.26. The van der Waals surface area contributed by atoms with Gasteiger partial charge in [-0.25, -0.2) is 10.2 Å². The molecule has 5 nitrogen and oxygen atoms in total. The maximum absolute atomic E-state index is 12.0. The summed E-state index contributed by atoms with van der Waals surface area (Å²) in [7, 11) is 0. The predicted molar refractivity (Wildman–Crippen MR) is 61.1 cm³/mol. The number of nitrogens with zero attached hydrogens (tertiary/aromatic N) is 1. The molecule has 0 saturated heterocycles. The molecule has 0 aliphatic carbocycles. The maximum Gasteiger partial charge on any atom is 0.387 e. The Morgan fingerprint density at radius 1 is 1.59 bits per heavy atom. The van der Waals surface area contributed by atoms with Gasteiger partial charge in [0.1, 0.15) is 5.75 Å². The van der Waals surface area contributed by atoms with Crippen molar-refractivity contribution in [2.75, 3.05) is 0 Å². The molecule has 3 N–H and O–H groups in total. The minimum absolute atomic E-state index is 0.0139. The molecule has 0 spiro atoms. The molecule has 0 fully saturated rings. The standard InChI is InChI=1S/C9H8BrF2N3O2/c10-6-3-5(4-14-15-9(13)16)1-2-7(6)17-8(11)12/h1-4,8H,(H3,13,15,16). The van der Waals surface area contributed by atoms with E-state index in [2.05, 4.69) is 25.8 Å². The summed E-state index contributed by atoms with van der Waals surface area (Å²) >= 11 is 3.06. The largest absolute Gasteiger partial charge is 0.434 e. The lowest BCUT2D eigenvalue weighted by molar-refractivity contribution is -0.0503. The van der Waals surface area contributed by atoms with Gasteiger partial charge in [-0.15, -0.1) is 0 Å². The van der Waals surface area contributed by atoms with E-state index in [1.165, 1.54) is 24.4 Å². The summed E-state index contributed by atoms with van der Waals surface area (Å²) in [6, 6.07) is 3.55. The third-order valence-electron chi connectivity index (χ3n) is 1.56. The molecule has 0 aliphatic heterocycles. The van der Waals surface area contributed by atoms with Gasteiger partial charge in [-0.1, -0.05) is 0 Å². The van der Waals surface area contributed by atoms with Crippen LogP contribution in [0.3, 0.4) is 0 Å². The van der Waals surface area contributed by atoms with Crippen LogP contribution in [-0.4, -0.2) is 18.9 Å². The van der Waals surface area contributed by atoms with Crippen molar-refractivity contribution in [2.45, 2.75) is 6.61 Å². The normalized spacial score (nSPS) is 10.8. The smallest absolute Gasteiger partial charge is 0.387 e. The fourth-order valence-corrected chi connectivity index (χ4v) is 1.45. The second kappa shape index (κ2) is 6.14. The average Bonchev–Trinajstić information content (AvgIpc) is 2.21. The van der Waals surface area contributed by atoms with Crippen LogP contribution in [0.2, 0.25) is 0 Å². The van der Waals surface area contributed by atoms with Gasteiger partial charge in [-0.3, -0.25) is 0 Å². The van der Waals surface area contributed by atoms with Crippen LogP contribution in [0.4, 0.5) is 13.6 Å². The van der Waals surface area contributed by atoms with Gasteiger partial charge < -0.3 is 10.5 Å². The van der Waals surface area contributed by atoms with Crippen LogP contribution >= 0.6 is 15.9 Å². The fraction of sp³-hybridized carbons (Fsp3) is 0.111. The first-order valence-corrected chi connectivity index (χ1v) is 5.11. The van der Waals surface area contributed by atoms with E-state index in [4.69, 9.17) is 5.73 Å². The summed E-state index contributed by atoms with van der Waals surface area (Å²) in [5.41, 5.74) is 7.37. The highest BCUT2D eigenvalue weighted by molar-refractivity contribution is 9.10. The Morgan fingerprint density at radius 3 is 2.82 bits per heavy atom. The molecule has 1 aromatic rings. The number of benzene rings is 1. The molecule has 2 amide bonds. The van der Waals surface area contributed by atoms with Gasteiger partial charge in [0.05, 0.1) is 10.7 Å². The number of hydrogen-bond acceptors (Lipinski definition) is 3. The third-order valence-corrected chi connectivity index (χ3v) is 2.18. The van der Waals surface area contributed by atoms with Gasteiger partial charge >= 0.3 is 12.6 Å². The maximum atomic E-state index is 12.0. The van der Waals surface area contributed by atoms with E-state index < -0.39 is 12.6 Å². The summed E-state index contributed by atoms with van der Waals surface area (Å²) in [4.78, 5) is 10.3. The topological polar surface area (TPSA) is 76.7 Å². The number of nitrogens with one attached hydrogen (secondary N) is 1. The highest BCUT2D eigenvalue weighted by atomic mass is 79.9. The molecule has 92 valence electrons. The molecule has 0 aliphatic rings. The Hall–Kier alpha value is -1.70. The summed E-state index contributed by atoms with van der Waals surface area (Å²) in [6.45, 7) is -2.89. The number of carbonyl (C=O) groups is 1. The van der Waals surface area contributed by atoms with Crippen molar-refractivity contribution in [3.05, 3.63) is 28.2 Å². The lowest BCUT2D eigenvalue weighted by Gasteiger charge is -2.06. The molecule has 1 rings (SSSR count). The Morgan fingerprint density at radius 2 is 2.29 bits per heavy atom. The molecule has 0 aromatic heterocycles. The van der Waals surface area contributed by atoms with Crippen molar-refractivity contribution in [3.8, 4) is 5.75 Å². The van der Waals surface area contributed by atoms with Crippen molar-refractivity contribution >= 4 is 28.2 Å². The van der Waals surface area contributed by atoms with Crippen molar-refractivity contribution < 1.29 is 18.3 Å². The van der Waals surface area contributed by atoms with Crippen molar-refractivity contribution in [1.29, 1.82) is 0 Å². The molecular formula is C9H8BrF2N3O2. The van der Waals surface area contributed by atoms with E-state index in [1.54, 1.807) is 0 Å². The molecule has 0 bridgehead atoms. The van der Waals surface area contributed by atoms with Gasteiger partial charge in [-0.2, -0.15) is 13.9 Å². The third kappa shape index (κ3) is 4.77. The first kappa shape index (κ1) is 13.4. The number of alkyl halides is 2. The Kier molecular flexibility index (Phi) is 4.83. The molecule has 0 unspecified atom stereocenters. The lowest BCUT2D eigenvalue weighted by Crippen LogP contribution is -2.24. The SMILES string of the molecule is NC(=O)NN=Cc1ccc(OC(F)F)c(Br)c1. The molecule has 8 heteroatoms. The number of urea groups is 1. The number of hydrogen-bond donors (Lipinski definition) is 2. The number of hydrazone groups is 1. The number of nitrogens with two attached hydrogens (primary N) is 1. The van der Waals surface area contributed by atoms with E-state index in [-0.39, 0.29) is 5.75 Å². The number of rotatable bonds is 4. The van der Waals surface area contributed by atoms with Crippen molar-refractivity contribution in [2.24, 2.45) is 10.8 Å². The van der Waals surface area contributed by atoms with E-state index in [1.807, 2.05) is 5.43 Å². The highest BCUT2D eigenvalue weighted by Gasteiger charge is 2.07. The summed E-state index contributed by atoms with van der Waals surface area (Å²) < 4.78 is 28.5. The van der Waals surface area contributed by atoms with Crippen molar-refractivity contribution in [3.63, 3.8) is 0 Å². The minimum Gasteiger partial charge on any atom is -0.434 e. The number of primary amides is 1. The predicted octanol–water partition coefficient (Wildman–Crippen LogP) is 2.05. The van der Waals surface area contributed by atoms with Crippen LogP contribution in [0.1, 0.15) is 5.56 Å². The zero-order valence-electron chi connectivity index (χ0n) is 8.36. The van der Waals surface area contributed by atoms with Crippen LogP contribution in [0.5, 0.6) is 5.75 Å². The Labute approximate surface area is 104 Å². The number of amides is 2. The van der Waals surface area contributed by atoms with Gasteiger partial charge in [-0.05, 0) is 39.7 Å². The van der Waals surface area contributed by atoms with Crippen LogP contribution in [0.15, 0.2) is 27.8 Å². The van der Waals surface area contributed by atoms with Crippen LogP contribution in [0.25, 0.3) is 0 Å². The van der Waals surface area contributed by atoms with Gasteiger partial charge in [0.25, 0.3) is 0 Å². The molecule has 0 heterocycles. The fourth-order valence-electron chi connectivity index (χ4n) is 0.959. The average molecular weight is 308 g/mol. The molecule has 17 heavy (non-hydrogen) atoms. The molecule has 0 radical (unpaired) electrons. The van der Waals surface area contributed by atoms with Crippen LogP contribution in [-0.2, 0) is 0 Å². The Bertz CT molecular complexity index is 440. The number of carbonyl (C=O) groups excluding carboxylic acids is 1. The van der Waals surface area contributed by atoms with Crippen LogP contribution in [0, 0.1) is 0 Å². The quantitative estimate of drug-likeness (QED) is 0.660. The Balaban J connectivity index is 2.74. The first-order valence-electron chi connectivity index (χ1n) is 4.32. The lowest BCUT2D eigenvalue weighted by atomic mass is 10.2. The van der Waals surface area contributed by atoms with Gasteiger partial charge in [0, 0.05) is 0 Å². The van der Waals surface area contributed by atoms with Crippen molar-refractivity contribution in [1.82, 2.24) is 5.43 Å². The van der Waals surface area contributed by atoms with E-state index in [0.29, 0.717) is 10.0 Å². The van der Waals surface area contributed by atoms with Gasteiger partial charge in [0.15, 0.2) is 0 Å². The molecule has 0 saturated carbocycles. The molecule has 1 aromatic carbocycles. The van der Waals surface area contributed by atoms with E-state index >= 15 is 0 Å². The zero-order chi connectivity index (χ0) is 12.8. The second-order valence-electron chi connectivity index (χ2n) is 2.80. The minimum atomic E-state index is -2.89. The second-order valence-corrected chi connectivity index (χ2v) is 3.66. The summed E-state index contributed by atoms with van der Waals surface area (Å²) in [6.07, 6.45) is 1.31. The summed E-state index contributed by atoms with van der Waals surface area (Å²) in [5, 5.41) is 3.51. The number of halogens is 3. The molecular weight excluding hydrogens is 300 g/mol. The zero-order valence-corrected chi connectivity index (χ0v) is 9.95. The van der Waals surface area contributed by atoms with Gasteiger partial charge in [0.2, 0.25) is 0 Å².